The second kappa shape index (κ2) is 9.99. The minimum atomic E-state index is -2.82. The average molecular weight is 467 g/mol. The Kier molecular flexibility index (Phi) is 7.11. The number of benzene rings is 1. The summed E-state index contributed by atoms with van der Waals surface area (Å²) in [7, 11) is 1.97. The maximum Gasteiger partial charge on any atom is 0.387 e. The van der Waals surface area contributed by atoms with Gasteiger partial charge in [-0.15, -0.1) is 16.4 Å². The molecule has 10 heteroatoms. The summed E-state index contributed by atoms with van der Waals surface area (Å²) in [4.78, 5) is 3.14. The number of halogens is 2. The van der Waals surface area contributed by atoms with Crippen molar-refractivity contribution in [2.45, 2.75) is 45.3 Å². The maximum atomic E-state index is 12.3. The van der Waals surface area contributed by atoms with Crippen LogP contribution in [0.5, 0.6) is 5.75 Å². The number of rotatable bonds is 9. The Morgan fingerprint density at radius 1 is 1.32 bits per heavy atom. The normalized spacial score (nSPS) is 16.5. The van der Waals surface area contributed by atoms with Crippen molar-refractivity contribution in [3.8, 4) is 16.5 Å². The van der Waals surface area contributed by atoms with Crippen LogP contribution < -0.4 is 4.74 Å². The maximum absolute atomic E-state index is 12.3. The molecule has 4 rings (SSSR count). The smallest absolute Gasteiger partial charge is 0.387 e. The molecule has 0 bridgehead atoms. The Morgan fingerprint density at radius 3 is 2.77 bits per heavy atom. The van der Waals surface area contributed by atoms with Crippen LogP contribution in [0.25, 0.3) is 10.7 Å². The summed E-state index contributed by atoms with van der Waals surface area (Å²) in [6.45, 7) is -0.210. The van der Waals surface area contributed by atoms with Crippen molar-refractivity contribution < 1.29 is 18.3 Å². The summed E-state index contributed by atoms with van der Waals surface area (Å²) in [6, 6.07) is 10.7. The van der Waals surface area contributed by atoms with Gasteiger partial charge in [0.2, 0.25) is 0 Å². The van der Waals surface area contributed by atoms with Gasteiger partial charge in [0.25, 0.3) is 0 Å². The summed E-state index contributed by atoms with van der Waals surface area (Å²) >= 11 is 7.39. The van der Waals surface area contributed by atoms with Crippen LogP contribution in [0.1, 0.15) is 18.4 Å². The minimum absolute atomic E-state index is 0.150. The van der Waals surface area contributed by atoms with Gasteiger partial charge >= 0.3 is 6.61 Å². The Morgan fingerprint density at radius 2 is 2.13 bits per heavy atom. The number of hydrogen-bond acceptors (Lipinski definition) is 6. The van der Waals surface area contributed by atoms with Crippen LogP contribution >= 0.6 is 23.6 Å². The lowest BCUT2D eigenvalue weighted by Crippen LogP contribution is -2.23. The van der Waals surface area contributed by atoms with Gasteiger partial charge in [-0.2, -0.15) is 8.78 Å². The molecule has 0 saturated carbocycles. The number of aromatic nitrogens is 3. The minimum Gasteiger partial charge on any atom is -0.435 e. The summed E-state index contributed by atoms with van der Waals surface area (Å²) in [5.74, 6) is 1.01. The SMILES string of the molecule is CN(Cc1ccc(OC(F)F)cc1)Cn1nc(-c2cccs2)n(CC2CCCO2)c1=S. The van der Waals surface area contributed by atoms with Crippen molar-refractivity contribution in [3.63, 3.8) is 0 Å². The zero-order valence-electron chi connectivity index (χ0n) is 17.1. The molecule has 1 saturated heterocycles. The number of nitrogens with zero attached hydrogens (tertiary/aromatic N) is 4. The molecule has 1 aliphatic rings. The van der Waals surface area contributed by atoms with Crippen molar-refractivity contribution >= 4 is 23.6 Å². The van der Waals surface area contributed by atoms with Crippen LogP contribution in [-0.4, -0.2) is 45.6 Å². The van der Waals surface area contributed by atoms with Crippen LogP contribution in [0.2, 0.25) is 0 Å². The van der Waals surface area contributed by atoms with Gasteiger partial charge in [-0.1, -0.05) is 18.2 Å². The molecule has 3 heterocycles. The molecule has 0 aliphatic carbocycles. The van der Waals surface area contributed by atoms with Crippen LogP contribution in [-0.2, 0) is 24.5 Å². The zero-order chi connectivity index (χ0) is 21.8. The molecule has 3 aromatic rings. The van der Waals surface area contributed by atoms with Gasteiger partial charge in [0, 0.05) is 13.2 Å². The fourth-order valence-electron chi connectivity index (χ4n) is 3.64. The van der Waals surface area contributed by atoms with Gasteiger partial charge < -0.3 is 9.47 Å². The fourth-order valence-corrected chi connectivity index (χ4v) is 4.62. The quantitative estimate of drug-likeness (QED) is 0.415. The largest absolute Gasteiger partial charge is 0.435 e. The standard InChI is InChI=1S/C21H24F2N4O2S2/c1-25(12-15-6-8-16(9-7-15)29-20(22)23)14-27-21(30)26(13-17-4-2-10-28-17)19(24-27)18-5-3-11-31-18/h3,5-9,11,17,20H,2,4,10,12-14H2,1H3. The van der Waals surface area contributed by atoms with Crippen molar-refractivity contribution in [2.75, 3.05) is 13.7 Å². The molecular formula is C21H24F2N4O2S2. The first-order valence-electron chi connectivity index (χ1n) is 10.0. The molecule has 1 fully saturated rings. The molecule has 0 spiro atoms. The van der Waals surface area contributed by atoms with Crippen molar-refractivity contribution in [2.24, 2.45) is 0 Å². The van der Waals surface area contributed by atoms with E-state index >= 15 is 0 Å². The molecule has 1 aromatic carbocycles. The van der Waals surface area contributed by atoms with E-state index < -0.39 is 6.61 Å². The van der Waals surface area contributed by atoms with Gasteiger partial charge in [-0.25, -0.2) is 4.68 Å². The van der Waals surface area contributed by atoms with Crippen molar-refractivity contribution in [3.05, 3.63) is 52.1 Å². The van der Waals surface area contributed by atoms with E-state index in [0.29, 0.717) is 24.5 Å². The van der Waals surface area contributed by atoms with Gasteiger partial charge in [0.15, 0.2) is 10.6 Å². The molecule has 1 aliphatic heterocycles. The first-order valence-corrected chi connectivity index (χ1v) is 11.3. The molecule has 0 amide bonds. The summed E-state index contributed by atoms with van der Waals surface area (Å²) in [6.07, 6.45) is 2.27. The number of thiophene rings is 1. The monoisotopic (exact) mass is 466 g/mol. The van der Waals surface area contributed by atoms with Gasteiger partial charge in [0.1, 0.15) is 5.75 Å². The molecule has 0 N–H and O–H groups in total. The Balaban J connectivity index is 1.49. The second-order valence-electron chi connectivity index (χ2n) is 7.51. The van der Waals surface area contributed by atoms with Gasteiger partial charge in [-0.3, -0.25) is 9.47 Å². The van der Waals surface area contributed by atoms with E-state index in [9.17, 15) is 8.78 Å². The van der Waals surface area contributed by atoms with Crippen molar-refractivity contribution in [1.29, 1.82) is 0 Å². The van der Waals surface area contributed by atoms with Crippen LogP contribution in [0.15, 0.2) is 41.8 Å². The lowest BCUT2D eigenvalue weighted by atomic mass is 10.2. The lowest BCUT2D eigenvalue weighted by Gasteiger charge is -2.17. The Labute approximate surface area is 188 Å². The van der Waals surface area contributed by atoms with Crippen LogP contribution in [0, 0.1) is 4.77 Å². The van der Waals surface area contributed by atoms with Gasteiger partial charge in [0.05, 0.1) is 24.2 Å². The van der Waals surface area contributed by atoms with E-state index in [0.717, 1.165) is 35.7 Å². The molecular weight excluding hydrogens is 442 g/mol. The number of ether oxygens (including phenoxy) is 2. The van der Waals surface area contributed by atoms with E-state index in [4.69, 9.17) is 22.1 Å². The molecule has 166 valence electrons. The summed E-state index contributed by atoms with van der Waals surface area (Å²) in [5, 5.41) is 6.84. The number of alkyl halides is 2. The Hall–Kier alpha value is -2.14. The Bertz CT molecular complexity index is 1030. The van der Waals surface area contributed by atoms with E-state index in [1.54, 1.807) is 35.6 Å². The summed E-state index contributed by atoms with van der Waals surface area (Å²) < 4.78 is 39.4. The molecule has 0 radical (unpaired) electrons. The zero-order valence-corrected chi connectivity index (χ0v) is 18.7. The number of hydrogen-bond donors (Lipinski definition) is 0. The highest BCUT2D eigenvalue weighted by atomic mass is 32.1. The topological polar surface area (TPSA) is 44.5 Å². The van der Waals surface area contributed by atoms with E-state index in [1.807, 2.05) is 29.2 Å². The summed E-state index contributed by atoms with van der Waals surface area (Å²) in [5.41, 5.74) is 0.980. The highest BCUT2D eigenvalue weighted by Crippen LogP contribution is 2.26. The second-order valence-corrected chi connectivity index (χ2v) is 8.82. The van der Waals surface area contributed by atoms with E-state index in [-0.39, 0.29) is 11.9 Å². The van der Waals surface area contributed by atoms with Crippen molar-refractivity contribution in [1.82, 2.24) is 19.2 Å². The molecule has 2 aromatic heterocycles. The third kappa shape index (κ3) is 5.57. The third-order valence-electron chi connectivity index (χ3n) is 5.05. The highest BCUT2D eigenvalue weighted by Gasteiger charge is 2.21. The van der Waals surface area contributed by atoms with Crippen LogP contribution in [0.3, 0.4) is 0 Å². The third-order valence-corrected chi connectivity index (χ3v) is 6.35. The highest BCUT2D eigenvalue weighted by molar-refractivity contribution is 7.71. The predicted molar refractivity (Wildman–Crippen MR) is 118 cm³/mol. The lowest BCUT2D eigenvalue weighted by molar-refractivity contribution is -0.0498. The molecule has 1 unspecified atom stereocenters. The van der Waals surface area contributed by atoms with Crippen LogP contribution in [0.4, 0.5) is 8.78 Å². The molecule has 31 heavy (non-hydrogen) atoms. The fraction of sp³-hybridized carbons (Fsp3) is 0.429. The van der Waals surface area contributed by atoms with Gasteiger partial charge in [-0.05, 0) is 61.2 Å². The molecule has 6 nitrogen and oxygen atoms in total. The predicted octanol–water partition coefficient (Wildman–Crippen LogP) is 5.01. The van der Waals surface area contributed by atoms with E-state index in [2.05, 4.69) is 14.2 Å². The average Bonchev–Trinajstić information content (AvgIpc) is 3.48. The first kappa shape index (κ1) is 22.1. The molecule has 1 atom stereocenters. The first-order chi connectivity index (χ1) is 15.0. The van der Waals surface area contributed by atoms with E-state index in [1.165, 1.54) is 0 Å².